The highest BCUT2D eigenvalue weighted by atomic mass is 16.5. The Morgan fingerprint density at radius 2 is 1.31 bits per heavy atom. The van der Waals surface area contributed by atoms with E-state index in [1.165, 1.54) is 25.1 Å². The van der Waals surface area contributed by atoms with E-state index in [9.17, 15) is 19.2 Å². The molecular formula is C36H42N12O6. The van der Waals surface area contributed by atoms with Crippen LogP contribution in [0.4, 0.5) is 46.0 Å². The number of nitrogens with zero attached hydrogens (tertiary/aromatic N) is 6. The standard InChI is InChI=1S/C36H42N12O6/c1-5-8-32(50)53-28-14-11-22(18-26(28)48-47-25-13-16-30(43-35(25)39)44-36(52)21(3)37)20(2)17-33(51)54-27-10-7-6-9-23(27)45-46-24-12-15-29(42-34(24)38)41-31(49)19-40-4/h6-7,9-16,18,20-21,40H,5,8,17,19,37H2,1-4H3,(H3,38,41,42,49)(H3,39,43,44,52)/b46-45+,48-47+/t20?,21-/m0/s1. The Kier molecular flexibility index (Phi) is 14.3. The van der Waals surface area contributed by atoms with Crippen LogP contribution in [0.25, 0.3) is 0 Å². The van der Waals surface area contributed by atoms with Gasteiger partial charge in [0.15, 0.2) is 23.1 Å². The van der Waals surface area contributed by atoms with Gasteiger partial charge in [0.1, 0.15) is 34.4 Å². The van der Waals surface area contributed by atoms with Crippen molar-refractivity contribution >= 4 is 69.8 Å². The minimum absolute atomic E-state index is 0.0124. The second kappa shape index (κ2) is 19.3. The first kappa shape index (κ1) is 40.1. The Labute approximate surface area is 311 Å². The summed E-state index contributed by atoms with van der Waals surface area (Å²) in [5.74, 6) is -1.29. The Hall–Kier alpha value is -6.66. The molecule has 0 fully saturated rings. The van der Waals surface area contributed by atoms with E-state index >= 15 is 0 Å². The van der Waals surface area contributed by atoms with Gasteiger partial charge in [-0.15, -0.1) is 20.5 Å². The molecule has 2 amide bonds. The number of benzene rings is 2. The smallest absolute Gasteiger partial charge is 0.311 e. The summed E-state index contributed by atoms with van der Waals surface area (Å²) in [6, 6.07) is 16.9. The van der Waals surface area contributed by atoms with Gasteiger partial charge in [-0.25, -0.2) is 9.97 Å². The lowest BCUT2D eigenvalue weighted by Gasteiger charge is -2.14. The molecule has 54 heavy (non-hydrogen) atoms. The van der Waals surface area contributed by atoms with Crippen LogP contribution in [0.15, 0.2) is 87.2 Å². The van der Waals surface area contributed by atoms with Gasteiger partial charge in [-0.1, -0.05) is 32.0 Å². The minimum Gasteiger partial charge on any atom is -0.424 e. The van der Waals surface area contributed by atoms with Gasteiger partial charge in [-0.2, -0.15) is 0 Å². The van der Waals surface area contributed by atoms with Crippen molar-refractivity contribution in [3.63, 3.8) is 0 Å². The van der Waals surface area contributed by atoms with Crippen molar-refractivity contribution in [1.82, 2.24) is 15.3 Å². The quantitative estimate of drug-likeness (QED) is 0.0457. The molecule has 0 saturated heterocycles. The number of aromatic nitrogens is 2. The van der Waals surface area contributed by atoms with Crippen LogP contribution < -0.4 is 42.6 Å². The van der Waals surface area contributed by atoms with Crippen molar-refractivity contribution in [1.29, 1.82) is 0 Å². The highest BCUT2D eigenvalue weighted by Crippen LogP contribution is 2.36. The molecule has 4 rings (SSSR count). The Balaban J connectivity index is 1.49. The largest absolute Gasteiger partial charge is 0.424 e. The number of anilines is 4. The van der Waals surface area contributed by atoms with Gasteiger partial charge in [0, 0.05) is 6.42 Å². The van der Waals surface area contributed by atoms with Crippen LogP contribution in [0.3, 0.4) is 0 Å². The maximum absolute atomic E-state index is 13.2. The second-order valence-electron chi connectivity index (χ2n) is 12.0. The number of nitrogens with two attached hydrogens (primary N) is 3. The normalized spacial score (nSPS) is 12.3. The number of carbonyl (C=O) groups excluding carboxylic acids is 4. The molecule has 0 aliphatic carbocycles. The van der Waals surface area contributed by atoms with Crippen LogP contribution in [-0.2, 0) is 19.2 Å². The number of ether oxygens (including phenoxy) is 2. The molecule has 4 aromatic rings. The molecule has 2 aromatic carbocycles. The summed E-state index contributed by atoms with van der Waals surface area (Å²) in [5.41, 5.74) is 19.3. The van der Waals surface area contributed by atoms with Gasteiger partial charge < -0.3 is 42.6 Å². The number of azo groups is 2. The summed E-state index contributed by atoms with van der Waals surface area (Å²) in [5, 5.41) is 24.8. The van der Waals surface area contributed by atoms with Crippen LogP contribution in [0, 0.1) is 0 Å². The average Bonchev–Trinajstić information content (AvgIpc) is 3.12. The van der Waals surface area contributed by atoms with Gasteiger partial charge in [0.05, 0.1) is 19.0 Å². The van der Waals surface area contributed by atoms with E-state index in [0.717, 1.165) is 0 Å². The molecule has 0 spiro atoms. The minimum atomic E-state index is -0.745. The number of pyridine rings is 2. The van der Waals surface area contributed by atoms with Crippen LogP contribution in [0.1, 0.15) is 51.5 Å². The maximum atomic E-state index is 13.2. The average molecular weight is 739 g/mol. The van der Waals surface area contributed by atoms with Gasteiger partial charge in [0.2, 0.25) is 11.8 Å². The zero-order chi connectivity index (χ0) is 39.2. The number of esters is 2. The van der Waals surface area contributed by atoms with Gasteiger partial charge in [-0.3, -0.25) is 19.2 Å². The van der Waals surface area contributed by atoms with Crippen molar-refractivity contribution in [2.45, 2.75) is 52.0 Å². The number of amides is 2. The predicted molar refractivity (Wildman–Crippen MR) is 203 cm³/mol. The lowest BCUT2D eigenvalue weighted by Crippen LogP contribution is -2.32. The number of nitrogen functional groups attached to an aromatic ring is 2. The summed E-state index contributed by atoms with van der Waals surface area (Å²) in [7, 11) is 1.65. The summed E-state index contributed by atoms with van der Waals surface area (Å²) in [6.07, 6.45) is 0.739. The van der Waals surface area contributed by atoms with Crippen LogP contribution >= 0.6 is 0 Å². The SMILES string of the molecule is CCCC(=O)Oc1ccc(C(C)CC(=O)Oc2ccccc2/N=N/c2ccc(NC(=O)CNC)nc2N)cc1/N=N/c1ccc(NC(=O)[C@H](C)N)nc1N. The van der Waals surface area contributed by atoms with Gasteiger partial charge in [0.25, 0.3) is 0 Å². The Morgan fingerprint density at radius 1 is 0.741 bits per heavy atom. The van der Waals surface area contributed by atoms with Crippen LogP contribution in [0.5, 0.6) is 11.5 Å². The molecule has 2 aromatic heterocycles. The number of nitrogens with one attached hydrogen (secondary N) is 3. The van der Waals surface area contributed by atoms with Crippen molar-refractivity contribution in [2.75, 3.05) is 35.7 Å². The lowest BCUT2D eigenvalue weighted by molar-refractivity contribution is -0.135. The van der Waals surface area contributed by atoms with E-state index in [-0.39, 0.29) is 88.7 Å². The number of para-hydroxylation sites is 1. The number of hydrogen-bond acceptors (Lipinski definition) is 16. The fraction of sp³-hybridized carbons (Fsp3) is 0.278. The molecule has 0 saturated carbocycles. The molecule has 0 aliphatic rings. The van der Waals surface area contributed by atoms with Crippen molar-refractivity contribution in [2.24, 2.45) is 26.2 Å². The molecule has 0 radical (unpaired) electrons. The topological polar surface area (TPSA) is 276 Å². The first-order valence-electron chi connectivity index (χ1n) is 16.9. The summed E-state index contributed by atoms with van der Waals surface area (Å²) < 4.78 is 11.2. The molecule has 18 heteroatoms. The highest BCUT2D eigenvalue weighted by Gasteiger charge is 2.18. The molecular weight excluding hydrogens is 696 g/mol. The van der Waals surface area contributed by atoms with Crippen molar-refractivity contribution < 1.29 is 28.7 Å². The van der Waals surface area contributed by atoms with Crippen LogP contribution in [-0.4, -0.2) is 53.4 Å². The number of likely N-dealkylation sites (N-methyl/N-ethyl adjacent to an activating group) is 1. The molecule has 9 N–H and O–H groups in total. The molecule has 2 atom stereocenters. The summed E-state index contributed by atoms with van der Waals surface area (Å²) >= 11 is 0. The van der Waals surface area contributed by atoms with E-state index in [0.29, 0.717) is 12.0 Å². The Bertz CT molecular complexity index is 2050. The predicted octanol–water partition coefficient (Wildman–Crippen LogP) is 5.72. The molecule has 282 valence electrons. The fourth-order valence-corrected chi connectivity index (χ4v) is 4.59. The van der Waals surface area contributed by atoms with E-state index in [4.69, 9.17) is 26.7 Å². The molecule has 1 unspecified atom stereocenters. The lowest BCUT2D eigenvalue weighted by atomic mass is 9.97. The maximum Gasteiger partial charge on any atom is 0.311 e. The number of carbonyl (C=O) groups is 4. The van der Waals surface area contributed by atoms with Crippen molar-refractivity contribution in [3.05, 3.63) is 72.3 Å². The number of rotatable bonds is 16. The first-order valence-corrected chi connectivity index (χ1v) is 16.9. The van der Waals surface area contributed by atoms with E-state index in [2.05, 4.69) is 46.4 Å². The molecule has 18 nitrogen and oxygen atoms in total. The molecule has 0 bridgehead atoms. The molecule has 0 aliphatic heterocycles. The van der Waals surface area contributed by atoms with E-state index in [1.807, 2.05) is 13.8 Å². The summed E-state index contributed by atoms with van der Waals surface area (Å²) in [4.78, 5) is 57.6. The fourth-order valence-electron chi connectivity index (χ4n) is 4.59. The highest BCUT2D eigenvalue weighted by molar-refractivity contribution is 5.94. The van der Waals surface area contributed by atoms with Gasteiger partial charge >= 0.3 is 11.9 Å². The van der Waals surface area contributed by atoms with E-state index < -0.39 is 23.9 Å². The monoisotopic (exact) mass is 738 g/mol. The third kappa shape index (κ3) is 11.7. The third-order valence-electron chi connectivity index (χ3n) is 7.40. The van der Waals surface area contributed by atoms with Gasteiger partial charge in [-0.05, 0) is 80.4 Å². The number of hydrogen-bond donors (Lipinski definition) is 6. The van der Waals surface area contributed by atoms with Crippen LogP contribution in [0.2, 0.25) is 0 Å². The zero-order valence-corrected chi connectivity index (χ0v) is 30.2. The Morgan fingerprint density at radius 3 is 1.93 bits per heavy atom. The first-order chi connectivity index (χ1) is 25.9. The summed E-state index contributed by atoms with van der Waals surface area (Å²) in [6.45, 7) is 5.32. The third-order valence-corrected chi connectivity index (χ3v) is 7.40. The van der Waals surface area contributed by atoms with Crippen molar-refractivity contribution in [3.8, 4) is 11.5 Å². The second-order valence-corrected chi connectivity index (χ2v) is 12.0. The zero-order valence-electron chi connectivity index (χ0n) is 30.2. The van der Waals surface area contributed by atoms with E-state index in [1.54, 1.807) is 55.6 Å². The molecule has 2 heterocycles.